The molecule has 0 N–H and O–H groups in total. The largest absolute Gasteiger partial charge is 0.493 e. The van der Waals surface area contributed by atoms with Crippen LogP contribution in [0.2, 0.25) is 25.7 Å². The molecule has 2 aliphatic rings. The van der Waals surface area contributed by atoms with Gasteiger partial charge < -0.3 is 19.0 Å². The fourth-order valence-electron chi connectivity index (χ4n) is 5.01. The van der Waals surface area contributed by atoms with Gasteiger partial charge in [0.2, 0.25) is 0 Å². The number of nitrogens with zero attached hydrogens (tertiary/aromatic N) is 1. The Balaban J connectivity index is 1.86. The van der Waals surface area contributed by atoms with Gasteiger partial charge in [-0.15, -0.1) is 0 Å². The van der Waals surface area contributed by atoms with E-state index in [2.05, 4.69) is 39.6 Å². The van der Waals surface area contributed by atoms with E-state index in [1.165, 1.54) is 5.57 Å². The molecule has 0 bridgehead atoms. The summed E-state index contributed by atoms with van der Waals surface area (Å²) in [7, 11) is -1.79. The molecule has 3 rings (SSSR count). The topological polar surface area (TPSA) is 91.4 Å². The van der Waals surface area contributed by atoms with Crippen LogP contribution >= 0.6 is 8.61 Å². The zero-order valence-corrected chi connectivity index (χ0v) is 28.0. The minimum absolute atomic E-state index is 0.0669. The van der Waals surface area contributed by atoms with E-state index in [9.17, 15) is 14.2 Å². The van der Waals surface area contributed by atoms with E-state index in [4.69, 9.17) is 19.0 Å². The fourth-order valence-corrected chi connectivity index (χ4v) is 6.08. The molecule has 0 fully saturated rings. The average Bonchev–Trinajstić information content (AvgIpc) is 3.33. The number of allylic oxidation sites excluding steroid dienone is 4. The third-order valence-corrected chi connectivity index (χ3v) is 9.76. The van der Waals surface area contributed by atoms with Crippen molar-refractivity contribution >= 4 is 28.6 Å². The van der Waals surface area contributed by atoms with Crippen molar-refractivity contribution < 1.29 is 33.2 Å². The molecule has 1 aromatic carbocycles. The van der Waals surface area contributed by atoms with Crippen molar-refractivity contribution in [2.75, 3.05) is 13.2 Å². The van der Waals surface area contributed by atoms with Crippen LogP contribution in [-0.4, -0.2) is 44.1 Å². The van der Waals surface area contributed by atoms with Gasteiger partial charge in [0, 0.05) is 25.1 Å². The van der Waals surface area contributed by atoms with Gasteiger partial charge >= 0.3 is 11.9 Å². The summed E-state index contributed by atoms with van der Waals surface area (Å²) in [6, 6.07) is 7.61. The molecular weight excluding hydrogens is 569 g/mol. The second-order valence-electron chi connectivity index (χ2n) is 11.9. The molecule has 0 saturated heterocycles. The Kier molecular flexibility index (Phi) is 11.9. The van der Waals surface area contributed by atoms with Gasteiger partial charge in [-0.25, -0.2) is 4.79 Å². The lowest BCUT2D eigenvalue weighted by Crippen LogP contribution is -2.36. The van der Waals surface area contributed by atoms with Crippen LogP contribution in [-0.2, 0) is 34.8 Å². The average molecular weight is 614 g/mol. The van der Waals surface area contributed by atoms with Crippen LogP contribution in [0.25, 0.3) is 0 Å². The molecule has 0 saturated carbocycles. The molecule has 0 aromatic heterocycles. The first-order valence-electron chi connectivity index (χ1n) is 14.6. The summed E-state index contributed by atoms with van der Waals surface area (Å²) < 4.78 is 28.7. The summed E-state index contributed by atoms with van der Waals surface area (Å²) in [4.78, 5) is 32.0. The molecule has 1 aromatic rings. The first kappa shape index (κ1) is 33.5. The maximum atomic E-state index is 12.8. The Labute approximate surface area is 252 Å². The number of fused-ring (bicyclic) bond motifs is 1. The number of rotatable bonds is 15. The summed E-state index contributed by atoms with van der Waals surface area (Å²) in [5.41, 5.74) is 5.73. The molecule has 1 heterocycles. The molecule has 0 radical (unpaired) electrons. The summed E-state index contributed by atoms with van der Waals surface area (Å²) in [5, 5.41) is 0. The van der Waals surface area contributed by atoms with Gasteiger partial charge in [0.15, 0.2) is 11.8 Å². The Morgan fingerprint density at radius 1 is 1.21 bits per heavy atom. The van der Waals surface area contributed by atoms with E-state index in [-0.39, 0.29) is 18.5 Å². The van der Waals surface area contributed by atoms with Crippen molar-refractivity contribution in [3.05, 3.63) is 75.8 Å². The molecule has 42 heavy (non-hydrogen) atoms. The number of benzene rings is 1. The smallest absolute Gasteiger partial charge is 0.347 e. The Bertz CT molecular complexity index is 1310. The quantitative estimate of drug-likeness (QED) is 0.0653. The maximum absolute atomic E-state index is 12.8. The van der Waals surface area contributed by atoms with Crippen LogP contribution in [0.5, 0.6) is 5.75 Å². The molecule has 1 aliphatic carbocycles. The lowest BCUT2D eigenvalue weighted by molar-refractivity contribution is -0.153. The number of esters is 2. The molecule has 1 aliphatic heterocycles. The molecule has 228 valence electrons. The predicted molar refractivity (Wildman–Crippen MR) is 166 cm³/mol. The van der Waals surface area contributed by atoms with Crippen LogP contribution in [0.15, 0.2) is 70.2 Å². The van der Waals surface area contributed by atoms with Gasteiger partial charge in [-0.2, -0.15) is 0 Å². The number of para-hydroxylation sites is 1. The highest BCUT2D eigenvalue weighted by atomic mass is 31.1. The highest BCUT2D eigenvalue weighted by molar-refractivity contribution is 7.20. The van der Waals surface area contributed by atoms with Gasteiger partial charge in [-0.1, -0.05) is 68.9 Å². The molecule has 2 atom stereocenters. The molecule has 0 spiro atoms. The van der Waals surface area contributed by atoms with Gasteiger partial charge in [0.25, 0.3) is 8.61 Å². The molecule has 8 nitrogen and oxygen atoms in total. The van der Waals surface area contributed by atoms with Crippen molar-refractivity contribution in [3.63, 3.8) is 0 Å². The van der Waals surface area contributed by atoms with Crippen molar-refractivity contribution in [2.45, 2.75) is 85.6 Å². The highest BCUT2D eigenvalue weighted by Gasteiger charge is 2.38. The Morgan fingerprint density at radius 2 is 1.93 bits per heavy atom. The maximum Gasteiger partial charge on any atom is 0.347 e. The summed E-state index contributed by atoms with van der Waals surface area (Å²) >= 11 is 0. The van der Waals surface area contributed by atoms with Crippen LogP contribution in [0.4, 0.5) is 0 Å². The monoisotopic (exact) mass is 613 g/mol. The van der Waals surface area contributed by atoms with E-state index in [0.717, 1.165) is 39.6 Å². The Hall–Kier alpha value is -3.00. The van der Waals surface area contributed by atoms with Gasteiger partial charge in [0.1, 0.15) is 11.3 Å². The van der Waals surface area contributed by atoms with Crippen LogP contribution in [0.3, 0.4) is 0 Å². The summed E-state index contributed by atoms with van der Waals surface area (Å²) in [5.74, 6) is 0.362. The standard InChI is InChI=1S/C32H44NO7PSi/c1-9-25-22(4)27-20-39-32(35)29(27)30(38-17-18-42(6,7)8)26(25)16-15-21(3)19-24-13-11-12-14-28(24)40-33(41-36)23(5)31(34)37-10-2/h11-15,20,22-23H,9-10,16-19H2,1-8H3. The zero-order chi connectivity index (χ0) is 31.0. The van der Waals surface area contributed by atoms with E-state index >= 15 is 0 Å². The zero-order valence-electron chi connectivity index (χ0n) is 26.1. The number of ether oxygens (including phenoxy) is 3. The van der Waals surface area contributed by atoms with Crippen molar-refractivity contribution in [2.24, 2.45) is 5.92 Å². The number of hydrogen-bond donors (Lipinski definition) is 0. The number of carbonyl (C=O) groups excluding carboxylic acids is 2. The lowest BCUT2D eigenvalue weighted by Gasteiger charge is -2.29. The minimum atomic E-state index is -1.34. The van der Waals surface area contributed by atoms with Crippen molar-refractivity contribution in [1.29, 1.82) is 0 Å². The Morgan fingerprint density at radius 3 is 2.57 bits per heavy atom. The fraction of sp³-hybridized carbons (Fsp3) is 0.500. The first-order valence-corrected chi connectivity index (χ1v) is 19.1. The minimum Gasteiger partial charge on any atom is -0.493 e. The predicted octanol–water partition coefficient (Wildman–Crippen LogP) is 7.73. The van der Waals surface area contributed by atoms with E-state index in [1.807, 2.05) is 25.1 Å². The number of hydrogen-bond acceptors (Lipinski definition) is 7. The number of hydroxylamine groups is 1. The number of cyclic esters (lactones) is 1. The van der Waals surface area contributed by atoms with E-state index < -0.39 is 28.7 Å². The number of carbonyl (C=O) groups is 2. The third kappa shape index (κ3) is 8.30. The lowest BCUT2D eigenvalue weighted by atomic mass is 9.77. The van der Waals surface area contributed by atoms with E-state index in [0.29, 0.717) is 36.5 Å². The molecule has 0 amide bonds. The summed E-state index contributed by atoms with van der Waals surface area (Å²) in [6.07, 6.45) is 5.77. The molecule has 10 heteroatoms. The second-order valence-corrected chi connectivity index (χ2v) is 18.0. The summed E-state index contributed by atoms with van der Waals surface area (Å²) in [6.45, 7) is 17.3. The molecule has 2 unspecified atom stereocenters. The van der Waals surface area contributed by atoms with Gasteiger partial charge in [0.05, 0.1) is 19.5 Å². The van der Waals surface area contributed by atoms with Crippen molar-refractivity contribution in [1.82, 2.24) is 4.83 Å². The van der Waals surface area contributed by atoms with Crippen LogP contribution < -0.4 is 4.84 Å². The first-order chi connectivity index (χ1) is 19.9. The SMILES string of the molecule is CCOC(=O)C(C)N(Oc1ccccc1CC(C)=CCC1=C(CC)C(C)C2=COC(=O)C2=C1OCC[Si](C)(C)C)P=O. The second kappa shape index (κ2) is 14.9. The van der Waals surface area contributed by atoms with Gasteiger partial charge in [-0.3, -0.25) is 9.36 Å². The van der Waals surface area contributed by atoms with Gasteiger partial charge in [-0.05, 0) is 62.6 Å². The van der Waals surface area contributed by atoms with Crippen LogP contribution in [0, 0.1) is 5.92 Å². The molecular formula is C32H44NO7PSi. The normalized spacial score (nSPS) is 18.2. The third-order valence-electron chi connectivity index (χ3n) is 7.47. The van der Waals surface area contributed by atoms with Crippen molar-refractivity contribution in [3.8, 4) is 5.75 Å². The van der Waals surface area contributed by atoms with E-state index in [1.54, 1.807) is 26.2 Å². The highest BCUT2D eigenvalue weighted by Crippen LogP contribution is 2.44. The van der Waals surface area contributed by atoms with Crippen LogP contribution in [0.1, 0.15) is 53.0 Å².